The molecule has 30 heavy (non-hydrogen) atoms. The minimum atomic E-state index is -2.77. The zero-order valence-electron chi connectivity index (χ0n) is 20.2. The summed E-state index contributed by atoms with van der Waals surface area (Å²) in [5, 5.41) is 3.77. The standard InChI is InChI=1S/C22H15F3N4O/c1-28-21-15(9-27-28)13(4-5-17(21)23)12-7-18(24)16(19(25)8-12)10-29-11-20-14(22(29)30)3-2-6-26-20/h2-9H,10-11H2,1H3/i1D3,11D2. The molecule has 5 nitrogen and oxygen atoms in total. The van der Waals surface area contributed by atoms with Gasteiger partial charge in [0.15, 0.2) is 0 Å². The third-order valence-corrected chi connectivity index (χ3v) is 4.97. The Labute approximate surface area is 176 Å². The monoisotopic (exact) mass is 413 g/mol. The number of hydrogen-bond donors (Lipinski definition) is 0. The van der Waals surface area contributed by atoms with Crippen LogP contribution in [0.1, 0.15) is 28.5 Å². The Morgan fingerprint density at radius 3 is 2.67 bits per heavy atom. The van der Waals surface area contributed by atoms with Gasteiger partial charge in [0.25, 0.3) is 5.91 Å². The van der Waals surface area contributed by atoms with Crippen LogP contribution in [0, 0.1) is 17.5 Å². The Kier molecular flexibility index (Phi) is 3.02. The van der Waals surface area contributed by atoms with Crippen LogP contribution in [-0.2, 0) is 20.0 Å². The molecule has 5 rings (SSSR count). The molecule has 0 atom stereocenters. The van der Waals surface area contributed by atoms with Crippen molar-refractivity contribution in [2.45, 2.75) is 13.0 Å². The Morgan fingerprint density at radius 1 is 1.13 bits per heavy atom. The predicted octanol–water partition coefficient (Wildman–Crippen LogP) is 4.21. The molecule has 2 aromatic heterocycles. The molecule has 0 spiro atoms. The van der Waals surface area contributed by atoms with Crippen LogP contribution >= 0.6 is 0 Å². The molecule has 0 saturated carbocycles. The molecular weight excluding hydrogens is 393 g/mol. The SMILES string of the molecule is [2H]C1([2H])c2ncccc2C(=O)N1Cc1c(F)cc(-c2ccc(F)c3c2cnn3C([2H])([2H])[2H])cc1F. The molecule has 4 aromatic rings. The van der Waals surface area contributed by atoms with E-state index in [1.807, 2.05) is 0 Å². The van der Waals surface area contributed by atoms with Crippen molar-refractivity contribution in [1.29, 1.82) is 0 Å². The number of pyridine rings is 1. The Bertz CT molecular complexity index is 1500. The molecule has 0 aliphatic carbocycles. The van der Waals surface area contributed by atoms with E-state index in [-0.39, 0.29) is 33.3 Å². The van der Waals surface area contributed by atoms with E-state index >= 15 is 8.78 Å². The fourth-order valence-electron chi connectivity index (χ4n) is 3.52. The lowest BCUT2D eigenvalue weighted by molar-refractivity contribution is 0.0763. The number of carbonyl (C=O) groups is 1. The molecule has 1 amide bonds. The fraction of sp³-hybridized carbons (Fsp3) is 0.136. The highest BCUT2D eigenvalue weighted by atomic mass is 19.1. The number of carbonyl (C=O) groups excluding carboxylic acids is 1. The Morgan fingerprint density at radius 2 is 1.93 bits per heavy atom. The van der Waals surface area contributed by atoms with Gasteiger partial charge in [-0.2, -0.15) is 5.10 Å². The number of aryl methyl sites for hydroxylation is 1. The summed E-state index contributed by atoms with van der Waals surface area (Å²) in [5.41, 5.74) is -0.883. The number of aromatic nitrogens is 3. The molecule has 1 aliphatic rings. The molecule has 0 saturated heterocycles. The highest BCUT2D eigenvalue weighted by Gasteiger charge is 2.29. The molecule has 8 heteroatoms. The summed E-state index contributed by atoms with van der Waals surface area (Å²) in [7, 11) is 0. The van der Waals surface area contributed by atoms with Gasteiger partial charge in [0.2, 0.25) is 0 Å². The number of nitrogens with zero attached hydrogens (tertiary/aromatic N) is 4. The molecule has 0 bridgehead atoms. The van der Waals surface area contributed by atoms with Gasteiger partial charge >= 0.3 is 0 Å². The quantitative estimate of drug-likeness (QED) is 0.506. The lowest BCUT2D eigenvalue weighted by atomic mass is 9.99. The number of amides is 1. The van der Waals surface area contributed by atoms with E-state index in [1.165, 1.54) is 24.4 Å². The van der Waals surface area contributed by atoms with E-state index in [1.54, 1.807) is 0 Å². The van der Waals surface area contributed by atoms with Crippen LogP contribution in [0.2, 0.25) is 0 Å². The van der Waals surface area contributed by atoms with E-state index in [2.05, 4.69) is 10.1 Å². The van der Waals surface area contributed by atoms with Crippen LogP contribution in [0.4, 0.5) is 13.2 Å². The van der Waals surface area contributed by atoms with Gasteiger partial charge in [-0.1, -0.05) is 6.07 Å². The van der Waals surface area contributed by atoms with Crippen molar-refractivity contribution in [3.63, 3.8) is 0 Å². The van der Waals surface area contributed by atoms with E-state index in [9.17, 15) is 9.18 Å². The van der Waals surface area contributed by atoms with E-state index < -0.39 is 48.9 Å². The van der Waals surface area contributed by atoms with Gasteiger partial charge < -0.3 is 4.90 Å². The van der Waals surface area contributed by atoms with E-state index in [4.69, 9.17) is 6.85 Å². The van der Waals surface area contributed by atoms with Crippen LogP contribution in [0.3, 0.4) is 0 Å². The van der Waals surface area contributed by atoms with Gasteiger partial charge in [0.1, 0.15) is 23.0 Å². The minimum absolute atomic E-state index is 0.00918. The molecule has 0 unspecified atom stereocenters. The second-order valence-corrected chi connectivity index (χ2v) is 6.73. The van der Waals surface area contributed by atoms with Crippen LogP contribution < -0.4 is 0 Å². The molecule has 1 aliphatic heterocycles. The Balaban J connectivity index is 1.56. The van der Waals surface area contributed by atoms with Crippen molar-refractivity contribution >= 4 is 16.8 Å². The van der Waals surface area contributed by atoms with E-state index in [0.29, 0.717) is 9.58 Å². The summed E-state index contributed by atoms with van der Waals surface area (Å²) >= 11 is 0. The molecule has 0 radical (unpaired) electrons. The summed E-state index contributed by atoms with van der Waals surface area (Å²) in [6, 6.07) is 7.00. The molecule has 0 N–H and O–H groups in total. The first kappa shape index (κ1) is 13.5. The smallest absolute Gasteiger partial charge is 0.256 e. The number of hydrogen-bond acceptors (Lipinski definition) is 3. The van der Waals surface area contributed by atoms with Gasteiger partial charge in [-0.05, 0) is 41.5 Å². The molecule has 3 heterocycles. The minimum Gasteiger partial charge on any atom is -0.328 e. The lowest BCUT2D eigenvalue weighted by Gasteiger charge is -2.17. The third-order valence-electron chi connectivity index (χ3n) is 4.97. The number of benzene rings is 2. The summed E-state index contributed by atoms with van der Waals surface area (Å²) < 4.78 is 84.3. The second kappa shape index (κ2) is 6.69. The number of rotatable bonds is 3. The highest BCUT2D eigenvalue weighted by Crippen LogP contribution is 2.33. The van der Waals surface area contributed by atoms with Gasteiger partial charge in [0, 0.05) is 28.2 Å². The maximum absolute atomic E-state index is 15.1. The maximum Gasteiger partial charge on any atom is 0.256 e. The molecule has 150 valence electrons. The fourth-order valence-corrected chi connectivity index (χ4v) is 3.52. The average molecular weight is 413 g/mol. The van der Waals surface area contributed by atoms with E-state index in [0.717, 1.165) is 24.4 Å². The van der Waals surface area contributed by atoms with Crippen LogP contribution in [-0.4, -0.2) is 25.6 Å². The summed E-state index contributed by atoms with van der Waals surface area (Å²) in [4.78, 5) is 17.3. The third kappa shape index (κ3) is 2.75. The van der Waals surface area contributed by atoms with Crippen LogP contribution in [0.25, 0.3) is 22.0 Å². The molecule has 0 fully saturated rings. The first-order valence-corrected chi connectivity index (χ1v) is 8.83. The first-order chi connectivity index (χ1) is 16.4. The normalized spacial score (nSPS) is 17.9. The number of fused-ring (bicyclic) bond motifs is 2. The highest BCUT2D eigenvalue weighted by molar-refractivity contribution is 5.98. The van der Waals surface area contributed by atoms with Crippen molar-refractivity contribution in [3.05, 3.63) is 83.1 Å². The molecule has 2 aromatic carbocycles. The first-order valence-electron chi connectivity index (χ1n) is 11.3. The summed E-state index contributed by atoms with van der Waals surface area (Å²) in [6.45, 7) is -5.84. The largest absolute Gasteiger partial charge is 0.328 e. The van der Waals surface area contributed by atoms with Gasteiger partial charge in [-0.25, -0.2) is 13.2 Å². The van der Waals surface area contributed by atoms with Crippen molar-refractivity contribution in [2.75, 3.05) is 0 Å². The molecular formula is C22H15F3N4O. The lowest BCUT2D eigenvalue weighted by Crippen LogP contribution is -2.24. The van der Waals surface area contributed by atoms with Crippen LogP contribution in [0.5, 0.6) is 0 Å². The average Bonchev–Trinajstić information content (AvgIpc) is 3.31. The second-order valence-electron chi connectivity index (χ2n) is 6.73. The predicted molar refractivity (Wildman–Crippen MR) is 104 cm³/mol. The summed E-state index contributed by atoms with van der Waals surface area (Å²) in [5.74, 6) is -3.74. The number of halogens is 3. The van der Waals surface area contributed by atoms with Crippen molar-refractivity contribution in [1.82, 2.24) is 19.7 Å². The van der Waals surface area contributed by atoms with Gasteiger partial charge in [0.05, 0.1) is 33.2 Å². The van der Waals surface area contributed by atoms with Gasteiger partial charge in [-0.3, -0.25) is 14.5 Å². The van der Waals surface area contributed by atoms with Gasteiger partial charge in [-0.15, -0.1) is 0 Å². The van der Waals surface area contributed by atoms with Crippen molar-refractivity contribution in [2.24, 2.45) is 6.98 Å². The zero-order valence-corrected chi connectivity index (χ0v) is 15.2. The Hall–Kier alpha value is -3.68. The zero-order chi connectivity index (χ0) is 25.3. The van der Waals surface area contributed by atoms with Crippen molar-refractivity contribution < 1.29 is 24.8 Å². The van der Waals surface area contributed by atoms with Crippen LogP contribution in [0.15, 0.2) is 48.8 Å². The van der Waals surface area contributed by atoms with Crippen molar-refractivity contribution in [3.8, 4) is 11.1 Å². The topological polar surface area (TPSA) is 51.0 Å². The summed E-state index contributed by atoms with van der Waals surface area (Å²) in [6.07, 6.45) is 2.42. The maximum atomic E-state index is 15.1.